The Morgan fingerprint density at radius 2 is 1.60 bits per heavy atom. The number of hydrogen-bond donors (Lipinski definition) is 3. The summed E-state index contributed by atoms with van der Waals surface area (Å²) in [7, 11) is 0. The number of carbonyl (C=O) groups is 1. The van der Waals surface area contributed by atoms with Crippen LogP contribution in [0.3, 0.4) is 0 Å². The third-order valence-electron chi connectivity index (χ3n) is 4.00. The first kappa shape index (κ1) is 19.0. The maximum absolute atomic E-state index is 11.5. The second kappa shape index (κ2) is 8.69. The lowest BCUT2D eigenvalue weighted by atomic mass is 10.0. The molecule has 0 heterocycles. The Kier molecular flexibility index (Phi) is 6.61. The summed E-state index contributed by atoms with van der Waals surface area (Å²) in [6.07, 6.45) is -0.145. The van der Waals surface area contributed by atoms with Crippen molar-refractivity contribution in [2.45, 2.75) is 38.9 Å². The molecule has 0 fully saturated rings. The molecule has 0 aliphatic carbocycles. The molecular weight excluding hydrogens is 324 g/mol. The van der Waals surface area contributed by atoms with Gasteiger partial charge >= 0.3 is 5.97 Å². The molecule has 25 heavy (non-hydrogen) atoms. The Hall–Kier alpha value is -2.31. The Balaban J connectivity index is 2.43. The summed E-state index contributed by atoms with van der Waals surface area (Å²) >= 11 is 0. The van der Waals surface area contributed by atoms with Gasteiger partial charge in [-0.05, 0) is 31.0 Å². The normalized spacial score (nSPS) is 13.4. The molecule has 0 spiro atoms. The molecule has 3 N–H and O–H groups in total. The van der Waals surface area contributed by atoms with Crippen LogP contribution in [-0.2, 0) is 0 Å². The molecule has 2 aromatic carbocycles. The second-order valence-corrected chi connectivity index (χ2v) is 5.84. The van der Waals surface area contributed by atoms with E-state index in [4.69, 9.17) is 9.47 Å². The van der Waals surface area contributed by atoms with Crippen LogP contribution in [0.5, 0.6) is 11.5 Å². The molecule has 0 radical (unpaired) electrons. The van der Waals surface area contributed by atoms with Gasteiger partial charge in [-0.25, -0.2) is 4.79 Å². The lowest BCUT2D eigenvalue weighted by Crippen LogP contribution is -2.18. The minimum Gasteiger partial charge on any atom is -0.490 e. The van der Waals surface area contributed by atoms with Crippen LogP contribution in [0, 0.1) is 0 Å². The van der Waals surface area contributed by atoms with E-state index in [2.05, 4.69) is 0 Å². The molecule has 2 unspecified atom stereocenters. The molecule has 0 aliphatic heterocycles. The first-order valence-electron chi connectivity index (χ1n) is 8.38. The summed E-state index contributed by atoms with van der Waals surface area (Å²) in [6, 6.07) is 8.37. The fourth-order valence-corrected chi connectivity index (χ4v) is 2.35. The largest absolute Gasteiger partial charge is 0.490 e. The topological polar surface area (TPSA) is 96.2 Å². The van der Waals surface area contributed by atoms with Gasteiger partial charge < -0.3 is 24.8 Å². The van der Waals surface area contributed by atoms with Crippen molar-refractivity contribution in [3.8, 4) is 11.5 Å². The van der Waals surface area contributed by atoms with E-state index in [-0.39, 0.29) is 24.5 Å². The van der Waals surface area contributed by atoms with Crippen LogP contribution in [0.15, 0.2) is 30.3 Å². The third-order valence-corrected chi connectivity index (χ3v) is 4.00. The predicted octanol–water partition coefficient (Wildman–Crippen LogP) is 2.84. The number of rotatable bonds is 9. The van der Waals surface area contributed by atoms with Crippen molar-refractivity contribution in [3.63, 3.8) is 0 Å². The van der Waals surface area contributed by atoms with Crippen molar-refractivity contribution in [3.05, 3.63) is 35.9 Å². The molecule has 0 saturated heterocycles. The molecule has 0 aliphatic rings. The zero-order chi connectivity index (χ0) is 18.4. The van der Waals surface area contributed by atoms with Crippen LogP contribution >= 0.6 is 0 Å². The van der Waals surface area contributed by atoms with E-state index >= 15 is 0 Å². The van der Waals surface area contributed by atoms with Crippen molar-refractivity contribution >= 4 is 16.7 Å². The van der Waals surface area contributed by atoms with Crippen LogP contribution in [0.4, 0.5) is 0 Å². The number of carboxylic acids is 1. The van der Waals surface area contributed by atoms with Crippen LogP contribution in [0.25, 0.3) is 10.8 Å². The first-order valence-corrected chi connectivity index (χ1v) is 8.38. The van der Waals surface area contributed by atoms with E-state index in [0.29, 0.717) is 29.4 Å². The van der Waals surface area contributed by atoms with Crippen molar-refractivity contribution in [1.82, 2.24) is 0 Å². The van der Waals surface area contributed by atoms with Gasteiger partial charge in [0.15, 0.2) is 0 Å². The van der Waals surface area contributed by atoms with Crippen LogP contribution < -0.4 is 9.47 Å². The second-order valence-electron chi connectivity index (χ2n) is 5.84. The highest BCUT2D eigenvalue weighted by atomic mass is 16.5. The highest BCUT2D eigenvalue weighted by Gasteiger charge is 2.18. The van der Waals surface area contributed by atoms with Crippen molar-refractivity contribution in [1.29, 1.82) is 0 Å². The fourth-order valence-electron chi connectivity index (χ4n) is 2.35. The summed E-state index contributed by atoms with van der Waals surface area (Å²) in [6.45, 7) is 3.85. The summed E-state index contributed by atoms with van der Waals surface area (Å²) in [5, 5.41) is 30.1. The molecule has 0 amide bonds. The molecule has 2 atom stereocenters. The van der Waals surface area contributed by atoms with Gasteiger partial charge in [0.2, 0.25) is 0 Å². The lowest BCUT2D eigenvalue weighted by Gasteiger charge is -2.17. The van der Waals surface area contributed by atoms with Gasteiger partial charge in [-0.3, -0.25) is 0 Å². The van der Waals surface area contributed by atoms with Gasteiger partial charge in [-0.2, -0.15) is 0 Å². The maximum atomic E-state index is 11.5. The standard InChI is InChI=1S/C19H24O6/c1-3-12(20)10-24-17-7-5-6-15-14(17)8-9-16(19(22)23)18(15)25-11-13(21)4-2/h5-9,12-13,20-21H,3-4,10-11H2,1-2H3,(H,22,23). The van der Waals surface area contributed by atoms with E-state index in [9.17, 15) is 20.1 Å². The average Bonchev–Trinajstić information content (AvgIpc) is 2.63. The number of hydrogen-bond acceptors (Lipinski definition) is 5. The zero-order valence-electron chi connectivity index (χ0n) is 14.4. The Morgan fingerprint density at radius 3 is 2.20 bits per heavy atom. The molecule has 6 nitrogen and oxygen atoms in total. The minimum atomic E-state index is -1.10. The lowest BCUT2D eigenvalue weighted by molar-refractivity contribution is 0.0683. The van der Waals surface area contributed by atoms with E-state index < -0.39 is 18.2 Å². The maximum Gasteiger partial charge on any atom is 0.339 e. The summed E-state index contributed by atoms with van der Waals surface area (Å²) < 4.78 is 11.3. The van der Waals surface area contributed by atoms with E-state index in [1.807, 2.05) is 13.8 Å². The zero-order valence-corrected chi connectivity index (χ0v) is 14.4. The fraction of sp³-hybridized carbons (Fsp3) is 0.421. The SMILES string of the molecule is CCC(O)COc1cccc2c(OCC(O)CC)c(C(=O)O)ccc12. The predicted molar refractivity (Wildman–Crippen MR) is 94.5 cm³/mol. The number of aliphatic hydroxyl groups excluding tert-OH is 2. The quantitative estimate of drug-likeness (QED) is 0.645. The van der Waals surface area contributed by atoms with E-state index in [0.717, 1.165) is 0 Å². The number of fused-ring (bicyclic) bond motifs is 1. The number of benzene rings is 2. The van der Waals surface area contributed by atoms with Crippen LogP contribution in [0.1, 0.15) is 37.0 Å². The van der Waals surface area contributed by atoms with Crippen LogP contribution in [0.2, 0.25) is 0 Å². The van der Waals surface area contributed by atoms with Crippen molar-refractivity contribution in [2.75, 3.05) is 13.2 Å². The molecule has 2 rings (SSSR count). The minimum absolute atomic E-state index is 0.00945. The smallest absolute Gasteiger partial charge is 0.339 e. The first-order chi connectivity index (χ1) is 12.0. The Morgan fingerprint density at radius 1 is 0.960 bits per heavy atom. The average molecular weight is 348 g/mol. The Bertz CT molecular complexity index is 727. The Labute approximate surface area is 146 Å². The molecule has 0 bridgehead atoms. The highest BCUT2D eigenvalue weighted by molar-refractivity contribution is 6.02. The number of aromatic carboxylic acids is 1. The van der Waals surface area contributed by atoms with Gasteiger partial charge in [-0.1, -0.05) is 26.0 Å². The van der Waals surface area contributed by atoms with Gasteiger partial charge in [-0.15, -0.1) is 0 Å². The monoisotopic (exact) mass is 348 g/mol. The summed E-state index contributed by atoms with van der Waals surface area (Å²) in [4.78, 5) is 11.5. The molecule has 0 saturated carbocycles. The summed E-state index contributed by atoms with van der Waals surface area (Å²) in [5.74, 6) is -0.350. The highest BCUT2D eigenvalue weighted by Crippen LogP contribution is 2.35. The van der Waals surface area contributed by atoms with E-state index in [1.165, 1.54) is 6.07 Å². The molecule has 0 aromatic heterocycles. The van der Waals surface area contributed by atoms with Crippen molar-refractivity contribution in [2.24, 2.45) is 0 Å². The van der Waals surface area contributed by atoms with Gasteiger partial charge in [0.1, 0.15) is 30.3 Å². The summed E-state index contributed by atoms with van der Waals surface area (Å²) in [5.41, 5.74) is 0.0292. The van der Waals surface area contributed by atoms with Crippen LogP contribution in [-0.4, -0.2) is 46.7 Å². The molecular formula is C19H24O6. The van der Waals surface area contributed by atoms with Gasteiger partial charge in [0.05, 0.1) is 12.2 Å². The van der Waals surface area contributed by atoms with Gasteiger partial charge in [0.25, 0.3) is 0 Å². The third kappa shape index (κ3) is 4.61. The number of aliphatic hydroxyl groups is 2. The molecule has 2 aromatic rings. The number of carboxylic acid groups (broad SMARTS) is 1. The van der Waals surface area contributed by atoms with E-state index in [1.54, 1.807) is 24.3 Å². The molecule has 136 valence electrons. The van der Waals surface area contributed by atoms with Crippen molar-refractivity contribution < 1.29 is 29.6 Å². The number of ether oxygens (including phenoxy) is 2. The molecule has 6 heteroatoms. The van der Waals surface area contributed by atoms with Gasteiger partial charge in [0, 0.05) is 10.8 Å².